The van der Waals surface area contributed by atoms with Crippen molar-refractivity contribution in [2.45, 2.75) is 168 Å². The topological polar surface area (TPSA) is 37.7 Å². The number of hydrogen-bond acceptors (Lipinski definition) is 6. The van der Waals surface area contributed by atoms with Crippen molar-refractivity contribution in [1.82, 2.24) is 18.5 Å². The third kappa shape index (κ3) is 3.79. The molecule has 2 aliphatic heterocycles. The second kappa shape index (κ2) is 8.32. The lowest BCUT2D eigenvalue weighted by Crippen LogP contribution is -2.87. The number of nitrogens with zero attached hydrogens (tertiary/aromatic N) is 6. The summed E-state index contributed by atoms with van der Waals surface area (Å²) in [5.74, 6) is 5.43. The fourth-order valence-corrected chi connectivity index (χ4v) is 19.8. The van der Waals surface area contributed by atoms with Crippen molar-refractivity contribution in [2.24, 2.45) is 51.4 Å². The maximum Gasteiger partial charge on any atom is 0.477 e. The van der Waals surface area contributed by atoms with E-state index in [1.807, 2.05) is 0 Å². The van der Waals surface area contributed by atoms with Gasteiger partial charge < -0.3 is 0 Å². The van der Waals surface area contributed by atoms with E-state index in [-0.39, 0.29) is 27.6 Å². The molecule has 1 atom stereocenters. The molecule has 230 valence electrons. The van der Waals surface area contributed by atoms with Crippen LogP contribution >= 0.6 is 0 Å². The molecular weight excluding hydrogens is 521 g/mol. The predicted molar refractivity (Wildman–Crippen MR) is 167 cm³/mol. The van der Waals surface area contributed by atoms with Crippen LogP contribution in [0.25, 0.3) is 0 Å². The third-order valence-electron chi connectivity index (χ3n) is 13.6. The second-order valence-electron chi connectivity index (χ2n) is 19.9. The summed E-state index contributed by atoms with van der Waals surface area (Å²) in [5.41, 5.74) is 0.644. The summed E-state index contributed by atoms with van der Waals surface area (Å²) in [5, 5.41) is 11.2. The highest BCUT2D eigenvalue weighted by molar-refractivity contribution is 6.70. The molecule has 0 aromatic carbocycles. The van der Waals surface area contributed by atoms with E-state index in [1.54, 1.807) is 0 Å². The molecule has 0 amide bonds. The first-order chi connectivity index (χ1) is 19.0. The van der Waals surface area contributed by atoms with Crippen LogP contribution in [0.5, 0.6) is 0 Å². The molecule has 8 bridgehead atoms. The van der Waals surface area contributed by atoms with Gasteiger partial charge in [0.05, 0.1) is 11.1 Å². The zero-order valence-corrected chi connectivity index (χ0v) is 28.9. The van der Waals surface area contributed by atoms with Crippen LogP contribution in [0.1, 0.15) is 139 Å². The molecule has 10 rings (SSSR count). The van der Waals surface area contributed by atoms with Crippen molar-refractivity contribution in [3.63, 3.8) is 0 Å². The van der Waals surface area contributed by atoms with Crippen molar-refractivity contribution in [2.75, 3.05) is 6.54 Å². The van der Waals surface area contributed by atoms with Crippen molar-refractivity contribution < 1.29 is 0 Å². The summed E-state index contributed by atoms with van der Waals surface area (Å²) in [4.78, 5) is 0. The van der Waals surface area contributed by atoms with Crippen LogP contribution < -0.4 is 0 Å². The minimum absolute atomic E-state index is 0.0284. The molecule has 6 nitrogen and oxygen atoms in total. The van der Waals surface area contributed by atoms with E-state index >= 15 is 0 Å². The summed E-state index contributed by atoms with van der Waals surface area (Å²) in [6, 6.07) is 0.477. The van der Waals surface area contributed by atoms with E-state index in [1.165, 1.54) is 77.0 Å². The average molecular weight is 581 g/mol. The van der Waals surface area contributed by atoms with Gasteiger partial charge in [-0.3, -0.25) is 9.13 Å². The van der Waals surface area contributed by atoms with Crippen LogP contribution in [0.4, 0.5) is 0 Å². The Morgan fingerprint density at radius 3 is 1.15 bits per heavy atom. The lowest BCUT2D eigenvalue weighted by atomic mass is 9.53. The van der Waals surface area contributed by atoms with Crippen molar-refractivity contribution in [3.8, 4) is 0 Å². The summed E-state index contributed by atoms with van der Waals surface area (Å²) in [7, 11) is -2.80. The van der Waals surface area contributed by atoms with Gasteiger partial charge in [-0.1, -0.05) is 31.2 Å². The molecule has 2 heterocycles. The van der Waals surface area contributed by atoms with E-state index in [2.05, 4.69) is 80.8 Å². The minimum atomic E-state index is -2.80. The standard InChI is InChI=1S/C34H60N6Si/c1-30(2,3)29-22-37(31(4,5)6)41(38(29)32(7,8)9)39(33-16-23-10-24(17-33)12-25(11-23)18-33)35-36-40(41)34-19-26-13-27(20-34)15-28(14-26)21-34/h23-29H,10-22H2,1-9H3/t23?,24?,25?,26?,27?,28?,29-,33?,34?,41?/m1/s1. The SMILES string of the molecule is CC(C)(C)[C@H]1CN(C(C)(C)C)[Si]2(N1C(C)(C)C)N(C13CC4CC(CC(C4)C1)C3)N=NN2C12CC3CC(CC(C3)C1)C2. The molecular formula is C34H60N6Si. The van der Waals surface area contributed by atoms with Gasteiger partial charge in [0.15, 0.2) is 0 Å². The van der Waals surface area contributed by atoms with Gasteiger partial charge in [-0.05, 0) is 160 Å². The summed E-state index contributed by atoms with van der Waals surface area (Å²) >= 11 is 0. The molecule has 8 aliphatic carbocycles. The Hall–Kier alpha value is -0.663. The Balaban J connectivity index is 1.36. The van der Waals surface area contributed by atoms with Gasteiger partial charge in [0.25, 0.3) is 0 Å². The van der Waals surface area contributed by atoms with E-state index < -0.39 is 8.72 Å². The monoisotopic (exact) mass is 580 g/mol. The summed E-state index contributed by atoms with van der Waals surface area (Å²) < 4.78 is 12.0. The molecule has 9 fully saturated rings. The highest BCUT2D eigenvalue weighted by atomic mass is 28.4. The van der Waals surface area contributed by atoms with E-state index in [0.717, 1.165) is 42.1 Å². The van der Waals surface area contributed by atoms with Gasteiger partial charge in [-0.2, -0.15) is 0 Å². The summed E-state index contributed by atoms with van der Waals surface area (Å²) in [6.45, 7) is 23.8. The highest BCUT2D eigenvalue weighted by Gasteiger charge is 2.79. The number of hydrogen-bond donors (Lipinski definition) is 0. The van der Waals surface area contributed by atoms with Gasteiger partial charge in [-0.15, -0.1) is 0 Å². The Morgan fingerprint density at radius 1 is 0.537 bits per heavy atom. The van der Waals surface area contributed by atoms with Crippen LogP contribution in [0, 0.1) is 40.9 Å². The van der Waals surface area contributed by atoms with Gasteiger partial charge >= 0.3 is 8.72 Å². The first-order valence-corrected chi connectivity index (χ1v) is 19.4. The fourth-order valence-electron chi connectivity index (χ4n) is 13.2. The fraction of sp³-hybridized carbons (Fsp3) is 1.00. The number of rotatable bonds is 2. The molecule has 10 aliphatic rings. The lowest BCUT2D eigenvalue weighted by molar-refractivity contribution is -0.0864. The molecule has 0 aromatic rings. The van der Waals surface area contributed by atoms with E-state index in [9.17, 15) is 0 Å². The maximum atomic E-state index is 5.61. The Kier molecular flexibility index (Phi) is 5.66. The van der Waals surface area contributed by atoms with Crippen LogP contribution in [0.3, 0.4) is 0 Å². The van der Waals surface area contributed by atoms with Gasteiger partial charge in [0, 0.05) is 23.7 Å². The largest absolute Gasteiger partial charge is 0.477 e. The Morgan fingerprint density at radius 2 is 0.878 bits per heavy atom. The van der Waals surface area contributed by atoms with Crippen molar-refractivity contribution in [3.05, 3.63) is 0 Å². The molecule has 8 saturated carbocycles. The van der Waals surface area contributed by atoms with Crippen molar-refractivity contribution in [1.29, 1.82) is 0 Å². The van der Waals surface area contributed by atoms with Crippen molar-refractivity contribution >= 4 is 8.72 Å². The van der Waals surface area contributed by atoms with Crippen LogP contribution in [-0.4, -0.2) is 61.9 Å². The van der Waals surface area contributed by atoms with Crippen LogP contribution in [-0.2, 0) is 0 Å². The molecule has 1 spiro atoms. The predicted octanol–water partition coefficient (Wildman–Crippen LogP) is 7.89. The Bertz CT molecular complexity index is 985. The molecule has 7 heteroatoms. The minimum Gasteiger partial charge on any atom is -0.269 e. The van der Waals surface area contributed by atoms with Gasteiger partial charge in [0.2, 0.25) is 0 Å². The highest BCUT2D eigenvalue weighted by Crippen LogP contribution is 2.65. The van der Waals surface area contributed by atoms with E-state index in [0.29, 0.717) is 6.04 Å². The second-order valence-corrected chi connectivity index (χ2v) is 23.0. The first kappa shape index (κ1) is 27.9. The zero-order chi connectivity index (χ0) is 29.0. The zero-order valence-electron chi connectivity index (χ0n) is 27.9. The van der Waals surface area contributed by atoms with Gasteiger partial charge in [-0.25, -0.2) is 9.35 Å². The molecule has 41 heavy (non-hydrogen) atoms. The molecule has 0 N–H and O–H groups in total. The Labute approximate surface area is 252 Å². The molecule has 1 saturated heterocycles. The normalized spacial score (nSPS) is 49.4. The lowest BCUT2D eigenvalue weighted by Gasteiger charge is -2.67. The average Bonchev–Trinajstić information content (AvgIpc) is 3.37. The third-order valence-corrected chi connectivity index (χ3v) is 19.1. The molecule has 0 aromatic heterocycles. The molecule has 0 unspecified atom stereocenters. The maximum absolute atomic E-state index is 5.61. The summed E-state index contributed by atoms with van der Waals surface area (Å²) in [6.07, 6.45) is 17.0. The van der Waals surface area contributed by atoms with E-state index in [4.69, 9.17) is 10.4 Å². The van der Waals surface area contributed by atoms with Crippen LogP contribution in [0.15, 0.2) is 10.4 Å². The molecule has 0 radical (unpaired) electrons. The smallest absolute Gasteiger partial charge is 0.269 e. The van der Waals surface area contributed by atoms with Crippen LogP contribution in [0.2, 0.25) is 0 Å². The van der Waals surface area contributed by atoms with Gasteiger partial charge in [0.1, 0.15) is 0 Å². The quantitative estimate of drug-likeness (QED) is 0.311. The first-order valence-electron chi connectivity index (χ1n) is 17.6.